The van der Waals surface area contributed by atoms with E-state index in [1.165, 1.54) is 189 Å². The van der Waals surface area contributed by atoms with Crippen LogP contribution in [0.5, 0.6) is 0 Å². The van der Waals surface area contributed by atoms with Crippen LogP contribution in [-0.2, 0) is 28.1 Å². The molecule has 8 unspecified atom stereocenters. The Morgan fingerprint density at radius 2 is 1.32 bits per heavy atom. The zero-order valence-corrected chi connectivity index (χ0v) is 60.0. The molecule has 0 radical (unpaired) electrons. The second-order valence-corrected chi connectivity index (χ2v) is 36.3. The number of hydrogen-bond donors (Lipinski definition) is 0. The lowest BCUT2D eigenvalue weighted by molar-refractivity contribution is 0.108. The molecule has 4 heterocycles. The molecule has 6 saturated carbocycles. The van der Waals surface area contributed by atoms with Gasteiger partial charge in [-0.25, -0.2) is 0 Å². The summed E-state index contributed by atoms with van der Waals surface area (Å²) in [4.78, 5) is 4.40. The van der Waals surface area contributed by atoms with Crippen LogP contribution in [0.1, 0.15) is 261 Å². The second-order valence-electron chi connectivity index (χ2n) is 34.8. The normalized spacial score (nSPS) is 29.5. The first kappa shape index (κ1) is 61.9. The number of hydrogen-bond acceptors (Lipinski definition) is 3. The predicted molar refractivity (Wildman–Crippen MR) is 397 cm³/mol. The third kappa shape index (κ3) is 9.13. The number of anilines is 2. The van der Waals surface area contributed by atoms with Gasteiger partial charge in [0.2, 0.25) is 0 Å². The van der Waals surface area contributed by atoms with Gasteiger partial charge in [0, 0.05) is 37.4 Å². The van der Waals surface area contributed by atoms with Crippen molar-refractivity contribution in [2.75, 3.05) is 4.90 Å². The minimum Gasteiger partial charge on any atom is -0.465 e. The Hall–Kier alpha value is -5.97. The maximum Gasteiger partial charge on any atom is 0.252 e. The van der Waals surface area contributed by atoms with Gasteiger partial charge in [0.05, 0.1) is 11.6 Å². The van der Waals surface area contributed by atoms with Crippen LogP contribution < -0.4 is 15.8 Å². The lowest BCUT2D eigenvalue weighted by atomic mass is 9.29. The molecule has 480 valence electrons. The van der Waals surface area contributed by atoms with E-state index >= 15 is 0 Å². The highest BCUT2D eigenvalue weighted by atomic mass is 32.2. The smallest absolute Gasteiger partial charge is 0.252 e. The first-order chi connectivity index (χ1) is 44.3. The summed E-state index contributed by atoms with van der Waals surface area (Å²) in [5.41, 5.74) is 28.5. The summed E-state index contributed by atoms with van der Waals surface area (Å²) in [6.45, 7) is 42.8. The van der Waals surface area contributed by atoms with Gasteiger partial charge in [-0.1, -0.05) is 244 Å². The molecule has 7 aliphatic carbocycles. The Morgan fingerprint density at radius 3 is 1.96 bits per heavy atom. The number of rotatable bonds is 12. The molecule has 8 atom stereocenters. The summed E-state index contributed by atoms with van der Waals surface area (Å²) in [6.07, 6.45) is 19.2. The summed E-state index contributed by atoms with van der Waals surface area (Å²) in [5.74, 6) is 6.32. The van der Waals surface area contributed by atoms with E-state index in [9.17, 15) is 0 Å². The van der Waals surface area contributed by atoms with E-state index in [0.29, 0.717) is 23.7 Å². The third-order valence-corrected chi connectivity index (χ3v) is 29.3. The van der Waals surface area contributed by atoms with Gasteiger partial charge in [0.1, 0.15) is 11.5 Å². The van der Waals surface area contributed by atoms with E-state index in [-0.39, 0.29) is 56.3 Å². The number of benzene rings is 6. The van der Waals surface area contributed by atoms with E-state index in [0.717, 1.165) is 18.3 Å². The zero-order chi connectivity index (χ0) is 64.8. The first-order valence-electron chi connectivity index (χ1n) is 36.9. The predicted octanol–water partition coefficient (Wildman–Crippen LogP) is 23.3. The molecule has 0 spiro atoms. The molecule has 0 N–H and O–H groups in total. The molecule has 0 amide bonds. The fourth-order valence-electron chi connectivity index (χ4n) is 21.5. The Labute approximate surface area is 564 Å². The minimum atomic E-state index is -0.134. The van der Waals surface area contributed by atoms with Crippen molar-refractivity contribution in [3.63, 3.8) is 0 Å². The van der Waals surface area contributed by atoms with E-state index in [4.69, 9.17) is 11.0 Å². The van der Waals surface area contributed by atoms with Crippen LogP contribution in [0.2, 0.25) is 0 Å². The lowest BCUT2D eigenvalue weighted by Gasteiger charge is -2.50. The average molecular weight is 1250 g/mol. The molecule has 7 aromatic rings. The molecule has 3 aliphatic heterocycles. The molecule has 1 aromatic heterocycles. The molecule has 10 aliphatic rings. The number of allylic oxidation sites excluding steroid dienone is 4. The van der Waals surface area contributed by atoms with Crippen LogP contribution in [0.25, 0.3) is 27.8 Å². The molecule has 6 aromatic carbocycles. The van der Waals surface area contributed by atoms with Gasteiger partial charge < -0.3 is 9.32 Å². The molecule has 93 heavy (non-hydrogen) atoms. The van der Waals surface area contributed by atoms with E-state index in [1.807, 2.05) is 0 Å². The average Bonchev–Trinajstić information content (AvgIpc) is 1.49. The molecular weight excluding hydrogens is 1140 g/mol. The topological polar surface area (TPSA) is 16.4 Å². The van der Waals surface area contributed by atoms with Crippen LogP contribution in [0.4, 0.5) is 11.4 Å². The fourth-order valence-corrected chi connectivity index (χ4v) is 23.3. The number of nitrogens with zero attached hydrogens (tertiary/aromatic N) is 1. The summed E-state index contributed by atoms with van der Waals surface area (Å²) in [6, 6.07) is 51.4. The van der Waals surface area contributed by atoms with Crippen LogP contribution in [0, 0.1) is 35.0 Å². The second kappa shape index (κ2) is 21.8. The van der Waals surface area contributed by atoms with Gasteiger partial charge in [-0.2, -0.15) is 0 Å². The Kier molecular flexibility index (Phi) is 14.5. The minimum absolute atomic E-state index is 0.00577. The van der Waals surface area contributed by atoms with Crippen molar-refractivity contribution in [1.82, 2.24) is 0 Å². The van der Waals surface area contributed by atoms with Gasteiger partial charge in [-0.05, 0) is 236 Å². The summed E-state index contributed by atoms with van der Waals surface area (Å²) in [7, 11) is 0. The lowest BCUT2D eigenvalue weighted by Crippen LogP contribution is -2.57. The molecule has 0 saturated heterocycles. The van der Waals surface area contributed by atoms with Gasteiger partial charge in [-0.3, -0.25) is 0 Å². The number of fused-ring (bicyclic) bond motifs is 8. The van der Waals surface area contributed by atoms with E-state index in [2.05, 4.69) is 254 Å². The van der Waals surface area contributed by atoms with Crippen molar-refractivity contribution in [2.24, 2.45) is 35.0 Å². The fraction of sp³-hybridized carbons (Fsp3) is 0.483. The zero-order valence-electron chi connectivity index (χ0n) is 59.1. The maximum absolute atomic E-state index is 8.14. The largest absolute Gasteiger partial charge is 0.465 e. The van der Waals surface area contributed by atoms with Crippen molar-refractivity contribution in [3.8, 4) is 22.3 Å². The van der Waals surface area contributed by atoms with Gasteiger partial charge in [0.15, 0.2) is 0 Å². The van der Waals surface area contributed by atoms with Gasteiger partial charge >= 0.3 is 0 Å². The summed E-state index contributed by atoms with van der Waals surface area (Å²) < 4.78 is 8.24. The molecule has 6 fully saturated rings. The SMILES string of the molecule is C=C(c1ccccc1)C1C2=C3B(c4cc(C56CC7CC5CC7C6)oc41)c1c(ccc4c1SC1(C)CCCCC41C)N(c1ccc(C(C)(C)C)cc1-c1ccccc1)C3=CC(Cc1ccc(-c3c(C(C)C)cc(C(C)C)cc3C(C)C)cc1C1(C)CCCCC1(C)C)C2C. The highest BCUT2D eigenvalue weighted by molar-refractivity contribution is 8.01. The molecule has 4 bridgehead atoms. The third-order valence-electron chi connectivity index (χ3n) is 27.5. The van der Waals surface area contributed by atoms with Gasteiger partial charge in [0.25, 0.3) is 6.71 Å². The molecule has 2 nitrogen and oxygen atoms in total. The molecule has 17 rings (SSSR count). The highest BCUT2D eigenvalue weighted by Gasteiger charge is 2.66. The number of furan rings is 1. The van der Waals surface area contributed by atoms with Crippen LogP contribution in [0.3, 0.4) is 0 Å². The number of thioether (sulfide) groups is 1. The summed E-state index contributed by atoms with van der Waals surface area (Å²) in [5, 5.41) is 0. The van der Waals surface area contributed by atoms with Crippen molar-refractivity contribution >= 4 is 46.3 Å². The van der Waals surface area contributed by atoms with E-state index < -0.39 is 0 Å². The standard InChI is InChI=1S/C89H104BNOS/c1-52(2)61-44-67(53(3)4)79(68(45-61)54(5)6)60-32-31-59(71(46-60)86(14)38-24-23-37-85(86,12)13)41-62-47-75-80-77(56(62)8)78(55(7)57-27-19-17-20-28-57)82-72(49-76(92-82)89-50-63-42-66(89)43-64(63)51-89)90(80)81-74(36-34-70-83(81)93-88(16)40-26-25-39-87(70,88)15)91(75)73-35-33-65(84(9,10)11)48-69(73)58-29-21-18-22-30-58/h17-22,27-36,44-49,52-54,56,62-64,66,78H,7,23-26,37-43,50-51H2,1-6,8-16H3. The van der Waals surface area contributed by atoms with Crippen molar-refractivity contribution in [1.29, 1.82) is 0 Å². The van der Waals surface area contributed by atoms with Crippen molar-refractivity contribution in [3.05, 3.63) is 213 Å². The van der Waals surface area contributed by atoms with E-state index in [1.54, 1.807) is 16.0 Å². The van der Waals surface area contributed by atoms with Crippen molar-refractivity contribution < 1.29 is 4.42 Å². The van der Waals surface area contributed by atoms with Crippen LogP contribution >= 0.6 is 11.8 Å². The van der Waals surface area contributed by atoms with Gasteiger partial charge in [-0.15, -0.1) is 11.8 Å². The Balaban J connectivity index is 0.984. The monoisotopic (exact) mass is 1250 g/mol. The Morgan fingerprint density at radius 1 is 0.677 bits per heavy atom. The summed E-state index contributed by atoms with van der Waals surface area (Å²) >= 11 is 2.26. The maximum atomic E-state index is 8.14. The Bertz CT molecular complexity index is 4210. The molecular formula is C89H104BNOS. The first-order valence-corrected chi connectivity index (χ1v) is 37.7. The van der Waals surface area contributed by atoms with Crippen molar-refractivity contribution in [2.45, 2.75) is 242 Å². The highest BCUT2D eigenvalue weighted by Crippen LogP contribution is 2.71. The molecule has 4 heteroatoms. The van der Waals surface area contributed by atoms with Crippen LogP contribution in [0.15, 0.2) is 166 Å². The van der Waals surface area contributed by atoms with Crippen LogP contribution in [-0.4, -0.2) is 11.5 Å². The quantitative estimate of drug-likeness (QED) is 0.113.